The molecule has 3 aliphatic heterocycles. The first-order chi connectivity index (χ1) is 18.6. The molecule has 1 fully saturated rings. The molecule has 0 aliphatic carbocycles. The monoisotopic (exact) mass is 543 g/mol. The summed E-state index contributed by atoms with van der Waals surface area (Å²) < 4.78 is 75.3. The minimum Gasteiger partial charge on any atom is -0.457 e. The van der Waals surface area contributed by atoms with Crippen molar-refractivity contribution in [3.63, 3.8) is 0 Å². The normalized spacial score (nSPS) is 24.0. The third-order valence-corrected chi connectivity index (χ3v) is 6.87. The summed E-state index contributed by atoms with van der Waals surface area (Å²) >= 11 is 0. The lowest BCUT2D eigenvalue weighted by Crippen LogP contribution is -2.60. The van der Waals surface area contributed by atoms with Gasteiger partial charge in [-0.2, -0.15) is 17.6 Å². The molecule has 2 unspecified atom stereocenters. The van der Waals surface area contributed by atoms with E-state index in [0.29, 0.717) is 47.8 Å². The van der Waals surface area contributed by atoms with Crippen LogP contribution in [-0.4, -0.2) is 43.0 Å². The molecule has 1 aromatic heterocycles. The fourth-order valence-corrected chi connectivity index (χ4v) is 5.05. The van der Waals surface area contributed by atoms with Crippen molar-refractivity contribution in [2.75, 3.05) is 19.8 Å². The van der Waals surface area contributed by atoms with Crippen LogP contribution in [0.5, 0.6) is 11.5 Å². The molecule has 4 heterocycles. The van der Waals surface area contributed by atoms with Crippen LogP contribution in [0.25, 0.3) is 16.7 Å². The fraction of sp³-hybridized carbons (Fsp3) is 0.259. The lowest BCUT2D eigenvalue weighted by Gasteiger charge is -2.38. The van der Waals surface area contributed by atoms with E-state index in [-0.39, 0.29) is 12.2 Å². The summed E-state index contributed by atoms with van der Waals surface area (Å²) in [4.78, 5) is 15.4. The van der Waals surface area contributed by atoms with Crippen molar-refractivity contribution in [2.24, 2.45) is 5.73 Å². The number of ether oxygens (including phenoxy) is 4. The first kappa shape index (κ1) is 25.4. The van der Waals surface area contributed by atoms with Gasteiger partial charge in [-0.25, -0.2) is 15.1 Å². The SMILES string of the molecule is NC1(OC(=O)C(F)(F)F)NC2(CO1)c1cc(C3=CCOCC3)ccc1Oc1ccc(-c3cccnc3F)cc12. The van der Waals surface area contributed by atoms with Crippen LogP contribution in [0.1, 0.15) is 23.1 Å². The number of alkyl halides is 3. The van der Waals surface area contributed by atoms with E-state index in [1.54, 1.807) is 36.4 Å². The van der Waals surface area contributed by atoms with Gasteiger partial charge in [-0.1, -0.05) is 18.2 Å². The first-order valence-electron chi connectivity index (χ1n) is 12.0. The highest BCUT2D eigenvalue weighted by molar-refractivity contribution is 5.76. The molecule has 0 radical (unpaired) electrons. The second kappa shape index (κ2) is 9.12. The van der Waals surface area contributed by atoms with E-state index in [2.05, 4.69) is 15.0 Å². The average molecular weight is 543 g/mol. The van der Waals surface area contributed by atoms with E-state index >= 15 is 0 Å². The van der Waals surface area contributed by atoms with Gasteiger partial charge in [0.15, 0.2) is 0 Å². The Morgan fingerprint density at radius 1 is 1.08 bits per heavy atom. The zero-order chi connectivity index (χ0) is 27.4. The van der Waals surface area contributed by atoms with Gasteiger partial charge in [0.2, 0.25) is 5.95 Å². The minimum absolute atomic E-state index is 0.198. The average Bonchev–Trinajstić information content (AvgIpc) is 3.26. The Hall–Kier alpha value is -3.84. The maximum Gasteiger partial charge on any atom is 0.491 e. The topological polar surface area (TPSA) is 105 Å². The van der Waals surface area contributed by atoms with Crippen LogP contribution >= 0.6 is 0 Å². The van der Waals surface area contributed by atoms with Crippen molar-refractivity contribution in [2.45, 2.75) is 24.2 Å². The van der Waals surface area contributed by atoms with Crippen molar-refractivity contribution < 1.29 is 41.3 Å². The summed E-state index contributed by atoms with van der Waals surface area (Å²) in [6, 6.07) is 10.8. The van der Waals surface area contributed by atoms with Gasteiger partial charge in [-0.05, 0) is 59.5 Å². The van der Waals surface area contributed by atoms with Crippen LogP contribution in [0.4, 0.5) is 17.6 Å². The van der Waals surface area contributed by atoms with E-state index in [9.17, 15) is 22.4 Å². The number of esters is 1. The van der Waals surface area contributed by atoms with E-state index in [0.717, 1.165) is 11.1 Å². The van der Waals surface area contributed by atoms with Gasteiger partial charge in [-0.3, -0.25) is 5.73 Å². The molecule has 12 heteroatoms. The standard InChI is InChI=1S/C27H21F4N3O5/c28-23-18(2-1-9-33-23)17-4-6-22-20(13-17)25(14-37-27(32,34-25)39-24(35)26(29,30)31)19-12-16(3-5-21(19)38-22)15-7-10-36-11-8-15/h1-7,9,12-13,34H,8,10-11,14,32H2. The molecule has 1 spiro atoms. The summed E-state index contributed by atoms with van der Waals surface area (Å²) in [5.41, 5.74) is 7.94. The van der Waals surface area contributed by atoms with Gasteiger partial charge in [0.1, 0.15) is 17.0 Å². The molecule has 2 aromatic carbocycles. The molecule has 0 bridgehead atoms. The van der Waals surface area contributed by atoms with Gasteiger partial charge in [0.25, 0.3) is 0 Å². The Kier molecular flexibility index (Phi) is 5.95. The number of aromatic nitrogens is 1. The smallest absolute Gasteiger partial charge is 0.457 e. The van der Waals surface area contributed by atoms with Crippen LogP contribution in [0.3, 0.4) is 0 Å². The third-order valence-electron chi connectivity index (χ3n) is 6.87. The maximum absolute atomic E-state index is 14.6. The number of hydrogen-bond acceptors (Lipinski definition) is 8. The highest BCUT2D eigenvalue weighted by Gasteiger charge is 2.57. The number of nitrogens with two attached hydrogens (primary N) is 1. The van der Waals surface area contributed by atoms with E-state index in [4.69, 9.17) is 19.9 Å². The summed E-state index contributed by atoms with van der Waals surface area (Å²) in [6.07, 6.45) is -1.39. The number of halogens is 4. The van der Waals surface area contributed by atoms with Crippen LogP contribution in [-0.2, 0) is 24.5 Å². The molecule has 2 atom stereocenters. The predicted octanol–water partition coefficient (Wildman–Crippen LogP) is 4.34. The van der Waals surface area contributed by atoms with Crippen LogP contribution in [0.2, 0.25) is 0 Å². The third kappa shape index (κ3) is 4.44. The van der Waals surface area contributed by atoms with Crippen molar-refractivity contribution >= 4 is 11.5 Å². The molecule has 6 rings (SSSR count). The zero-order valence-electron chi connectivity index (χ0n) is 20.2. The van der Waals surface area contributed by atoms with Crippen LogP contribution in [0.15, 0.2) is 60.8 Å². The fourth-order valence-electron chi connectivity index (χ4n) is 5.05. The predicted molar refractivity (Wildman–Crippen MR) is 128 cm³/mol. The highest BCUT2D eigenvalue weighted by atomic mass is 19.4. The number of fused-ring (bicyclic) bond motifs is 4. The Labute approximate surface area is 219 Å². The molecule has 39 heavy (non-hydrogen) atoms. The number of carbonyl (C=O) groups is 1. The van der Waals surface area contributed by atoms with Crippen molar-refractivity contribution in [1.29, 1.82) is 0 Å². The van der Waals surface area contributed by atoms with E-state index in [1.165, 1.54) is 6.20 Å². The van der Waals surface area contributed by atoms with Gasteiger partial charge < -0.3 is 18.9 Å². The molecule has 1 saturated heterocycles. The van der Waals surface area contributed by atoms with Crippen LogP contribution in [0, 0.1) is 5.95 Å². The second-order valence-electron chi connectivity index (χ2n) is 9.29. The van der Waals surface area contributed by atoms with Gasteiger partial charge in [0.05, 0.1) is 19.8 Å². The van der Waals surface area contributed by atoms with Crippen molar-refractivity contribution in [3.05, 3.63) is 83.4 Å². The quantitative estimate of drug-likeness (QED) is 0.218. The van der Waals surface area contributed by atoms with Crippen molar-refractivity contribution in [1.82, 2.24) is 10.3 Å². The van der Waals surface area contributed by atoms with Gasteiger partial charge in [0, 0.05) is 22.9 Å². The Morgan fingerprint density at radius 2 is 1.79 bits per heavy atom. The number of benzene rings is 2. The molecular weight excluding hydrogens is 522 g/mol. The first-order valence-corrected chi connectivity index (χ1v) is 12.0. The molecule has 202 valence electrons. The molecule has 3 aliphatic rings. The lowest BCUT2D eigenvalue weighted by molar-refractivity contribution is -0.254. The largest absolute Gasteiger partial charge is 0.491 e. The van der Waals surface area contributed by atoms with Crippen molar-refractivity contribution in [3.8, 4) is 22.6 Å². The maximum atomic E-state index is 14.6. The number of hydrogen-bond donors (Lipinski definition) is 2. The number of nitrogens with zero attached hydrogens (tertiary/aromatic N) is 1. The summed E-state index contributed by atoms with van der Waals surface area (Å²) in [7, 11) is 0. The number of nitrogens with one attached hydrogen (secondary N) is 1. The molecule has 3 N–H and O–H groups in total. The molecule has 0 saturated carbocycles. The van der Waals surface area contributed by atoms with E-state index in [1.807, 2.05) is 18.2 Å². The van der Waals surface area contributed by atoms with E-state index < -0.39 is 29.7 Å². The summed E-state index contributed by atoms with van der Waals surface area (Å²) in [5.74, 6) is -2.51. The molecular formula is C27H21F4N3O5. The van der Waals surface area contributed by atoms with Crippen LogP contribution < -0.4 is 15.8 Å². The molecule has 8 nitrogen and oxygen atoms in total. The van der Waals surface area contributed by atoms with Gasteiger partial charge in [-0.15, -0.1) is 0 Å². The zero-order valence-corrected chi connectivity index (χ0v) is 20.2. The second-order valence-corrected chi connectivity index (χ2v) is 9.29. The number of pyridine rings is 1. The Balaban J connectivity index is 1.50. The molecule has 3 aromatic rings. The van der Waals surface area contributed by atoms with Gasteiger partial charge >= 0.3 is 18.2 Å². The Morgan fingerprint density at radius 3 is 2.46 bits per heavy atom. The molecule has 0 amide bonds. The summed E-state index contributed by atoms with van der Waals surface area (Å²) in [6.45, 7) is 0.647. The lowest BCUT2D eigenvalue weighted by atomic mass is 9.79. The highest BCUT2D eigenvalue weighted by Crippen LogP contribution is 2.51. The minimum atomic E-state index is -5.30. The number of rotatable bonds is 3. The summed E-state index contributed by atoms with van der Waals surface area (Å²) in [5, 5.41) is 2.80. The number of carbonyl (C=O) groups excluding carboxylic acids is 1. The Bertz CT molecular complexity index is 1510.